The molecule has 0 aliphatic heterocycles. The van der Waals surface area contributed by atoms with E-state index in [1.54, 1.807) is 0 Å². The molecule has 0 bridgehead atoms. The second-order valence-electron chi connectivity index (χ2n) is 20.3. The lowest BCUT2D eigenvalue weighted by molar-refractivity contribution is 0.666. The highest BCUT2D eigenvalue weighted by atomic mass is 16.3. The van der Waals surface area contributed by atoms with Gasteiger partial charge in [0, 0.05) is 60.5 Å². The monoisotopic (exact) mass is 960 g/mol. The summed E-state index contributed by atoms with van der Waals surface area (Å²) in [6, 6.07) is 91.7. The lowest BCUT2D eigenvalue weighted by atomic mass is 9.79. The summed E-state index contributed by atoms with van der Waals surface area (Å²) < 4.78 is 14.2. The quantitative estimate of drug-likeness (QED) is 0.152. The maximum atomic E-state index is 7.13. The zero-order valence-corrected chi connectivity index (χ0v) is 41.5. The number of benzene rings is 12. The van der Waals surface area contributed by atoms with E-state index in [1.807, 2.05) is 0 Å². The molecule has 1 aliphatic rings. The molecular weight excluding hydrogens is 913 g/mol. The summed E-state index contributed by atoms with van der Waals surface area (Å²) in [6.45, 7) is 4.81. The molecule has 354 valence electrons. The molecule has 0 saturated carbocycles. The minimum absolute atomic E-state index is 0.363. The van der Waals surface area contributed by atoms with Crippen LogP contribution in [0.2, 0.25) is 0 Å². The van der Waals surface area contributed by atoms with Crippen LogP contribution in [0.25, 0.3) is 98.8 Å². The van der Waals surface area contributed by atoms with Crippen molar-refractivity contribution >= 4 is 99.5 Å². The van der Waals surface area contributed by atoms with Gasteiger partial charge in [0.05, 0.1) is 17.1 Å². The van der Waals surface area contributed by atoms with Gasteiger partial charge >= 0.3 is 0 Å². The SMILES string of the molecule is CC1(C)c2cc(N(c3ccccc3)c3cccc4c3oc3c(-c5ccccc5)cccc34)c3ccccc3c2-c2ccc3cc(N(c4ccccc4)c4cccc5c4oc4c(-c6ccccc6)cccc45)ccc3c21. The highest BCUT2D eigenvalue weighted by molar-refractivity contribution is 6.17. The Bertz CT molecular complexity index is 4560. The van der Waals surface area contributed by atoms with E-state index in [0.717, 1.165) is 100 Å². The van der Waals surface area contributed by atoms with Crippen molar-refractivity contribution in [3.8, 4) is 33.4 Å². The first-order valence-electron chi connectivity index (χ1n) is 25.8. The molecule has 2 heterocycles. The molecule has 4 heteroatoms. The molecule has 75 heavy (non-hydrogen) atoms. The summed E-state index contributed by atoms with van der Waals surface area (Å²) >= 11 is 0. The number of hydrogen-bond acceptors (Lipinski definition) is 4. The predicted molar refractivity (Wildman–Crippen MR) is 314 cm³/mol. The van der Waals surface area contributed by atoms with Crippen molar-refractivity contribution in [1.82, 2.24) is 0 Å². The van der Waals surface area contributed by atoms with Crippen molar-refractivity contribution in [3.63, 3.8) is 0 Å². The van der Waals surface area contributed by atoms with Crippen LogP contribution in [0.5, 0.6) is 0 Å². The highest BCUT2D eigenvalue weighted by Crippen LogP contribution is 2.57. The number of anilines is 6. The lowest BCUT2D eigenvalue weighted by Gasteiger charge is -2.30. The zero-order valence-electron chi connectivity index (χ0n) is 41.5. The zero-order chi connectivity index (χ0) is 49.8. The Kier molecular flexibility index (Phi) is 9.58. The predicted octanol–water partition coefficient (Wildman–Crippen LogP) is 20.4. The fourth-order valence-electron chi connectivity index (χ4n) is 12.4. The van der Waals surface area contributed by atoms with Crippen LogP contribution in [-0.4, -0.2) is 0 Å². The molecular formula is C71H48N2O2. The minimum atomic E-state index is -0.363. The Morgan fingerprint density at radius 1 is 0.307 bits per heavy atom. The molecule has 4 nitrogen and oxygen atoms in total. The van der Waals surface area contributed by atoms with E-state index in [9.17, 15) is 0 Å². The van der Waals surface area contributed by atoms with Gasteiger partial charge in [0.2, 0.25) is 0 Å². The van der Waals surface area contributed by atoms with E-state index in [1.165, 1.54) is 43.8 Å². The third-order valence-electron chi connectivity index (χ3n) is 15.8. The first-order valence-corrected chi connectivity index (χ1v) is 25.8. The molecule has 14 aromatic rings. The van der Waals surface area contributed by atoms with Gasteiger partial charge in [-0.25, -0.2) is 0 Å². The van der Waals surface area contributed by atoms with Crippen LogP contribution < -0.4 is 9.80 Å². The Hall–Kier alpha value is -9.64. The van der Waals surface area contributed by atoms with Crippen molar-refractivity contribution < 1.29 is 8.83 Å². The molecule has 0 saturated heterocycles. The van der Waals surface area contributed by atoms with Gasteiger partial charge in [0.15, 0.2) is 11.2 Å². The van der Waals surface area contributed by atoms with Crippen molar-refractivity contribution in [2.45, 2.75) is 19.3 Å². The van der Waals surface area contributed by atoms with Crippen molar-refractivity contribution in [2.24, 2.45) is 0 Å². The van der Waals surface area contributed by atoms with E-state index in [2.05, 4.69) is 278 Å². The summed E-state index contributed by atoms with van der Waals surface area (Å²) in [5, 5.41) is 9.19. The molecule has 0 spiro atoms. The van der Waals surface area contributed by atoms with E-state index in [-0.39, 0.29) is 5.41 Å². The first kappa shape index (κ1) is 43.0. The topological polar surface area (TPSA) is 32.8 Å². The van der Waals surface area contributed by atoms with E-state index >= 15 is 0 Å². The molecule has 0 atom stereocenters. The number of para-hydroxylation sites is 6. The first-order chi connectivity index (χ1) is 37.0. The van der Waals surface area contributed by atoms with Crippen molar-refractivity contribution in [1.29, 1.82) is 0 Å². The Morgan fingerprint density at radius 3 is 1.35 bits per heavy atom. The van der Waals surface area contributed by atoms with Crippen LogP contribution in [0, 0.1) is 0 Å². The second-order valence-corrected chi connectivity index (χ2v) is 20.3. The van der Waals surface area contributed by atoms with Crippen LogP contribution >= 0.6 is 0 Å². The van der Waals surface area contributed by atoms with Gasteiger partial charge in [-0.2, -0.15) is 0 Å². The van der Waals surface area contributed by atoms with Gasteiger partial charge in [-0.15, -0.1) is 0 Å². The number of rotatable bonds is 8. The summed E-state index contributed by atoms with van der Waals surface area (Å²) in [4.78, 5) is 4.77. The molecule has 0 fully saturated rings. The summed E-state index contributed by atoms with van der Waals surface area (Å²) in [5.74, 6) is 0. The third-order valence-corrected chi connectivity index (χ3v) is 15.8. The molecule has 12 aromatic carbocycles. The van der Waals surface area contributed by atoms with Gasteiger partial charge in [-0.1, -0.05) is 214 Å². The molecule has 1 aliphatic carbocycles. The van der Waals surface area contributed by atoms with Crippen molar-refractivity contribution in [3.05, 3.63) is 266 Å². The van der Waals surface area contributed by atoms with Crippen LogP contribution in [0.15, 0.2) is 264 Å². The summed E-state index contributed by atoms with van der Waals surface area (Å²) in [7, 11) is 0. The number of fused-ring (bicyclic) bond motifs is 13. The molecule has 0 amide bonds. The van der Waals surface area contributed by atoms with Crippen LogP contribution in [0.3, 0.4) is 0 Å². The standard InChI is InChI=1S/C71H48N2O2/c1-71(2)61-44-64(73(49-27-13-6-14-28-49)63-38-20-36-59-57-34-18-32-53(68(57)75-70(59)63)46-23-9-4-10-24-46)54-29-15-16-30-55(54)65(61)60-41-39-47-43-50(40-42-51(47)66(60)71)72(48-25-11-5-12-26-48)62-37-19-35-58-56-33-17-31-52(67(56)74-69(58)62)45-21-7-3-8-22-45/h3-44H,1-2H3. The molecule has 0 radical (unpaired) electrons. The molecule has 0 unspecified atom stereocenters. The Morgan fingerprint density at radius 2 is 0.773 bits per heavy atom. The highest BCUT2D eigenvalue weighted by Gasteiger charge is 2.40. The van der Waals surface area contributed by atoms with Gasteiger partial charge in [-0.3, -0.25) is 0 Å². The van der Waals surface area contributed by atoms with Gasteiger partial charge in [0.25, 0.3) is 0 Å². The van der Waals surface area contributed by atoms with Crippen LogP contribution in [0.4, 0.5) is 34.1 Å². The summed E-state index contributed by atoms with van der Waals surface area (Å²) in [6.07, 6.45) is 0. The minimum Gasteiger partial charge on any atom is -0.453 e. The Balaban J connectivity index is 0.899. The van der Waals surface area contributed by atoms with E-state index < -0.39 is 0 Å². The van der Waals surface area contributed by atoms with Crippen molar-refractivity contribution in [2.75, 3.05) is 9.80 Å². The van der Waals surface area contributed by atoms with E-state index in [4.69, 9.17) is 8.83 Å². The molecule has 2 aromatic heterocycles. The summed E-state index contributed by atoms with van der Waals surface area (Å²) in [5.41, 5.74) is 19.0. The second kappa shape index (κ2) is 16.7. The number of furan rings is 2. The van der Waals surface area contributed by atoms with Crippen LogP contribution in [0.1, 0.15) is 25.0 Å². The number of hydrogen-bond donors (Lipinski definition) is 0. The van der Waals surface area contributed by atoms with Gasteiger partial charge in [-0.05, 0) is 104 Å². The molecule has 0 N–H and O–H groups in total. The van der Waals surface area contributed by atoms with Gasteiger partial charge in [0.1, 0.15) is 11.2 Å². The Labute approximate surface area is 434 Å². The fourth-order valence-corrected chi connectivity index (χ4v) is 12.4. The normalized spacial score (nSPS) is 12.8. The smallest absolute Gasteiger partial charge is 0.159 e. The van der Waals surface area contributed by atoms with Crippen LogP contribution in [-0.2, 0) is 5.41 Å². The largest absolute Gasteiger partial charge is 0.453 e. The molecule has 15 rings (SSSR count). The third kappa shape index (κ3) is 6.56. The van der Waals surface area contributed by atoms with Gasteiger partial charge < -0.3 is 18.6 Å². The average Bonchev–Trinajstić information content (AvgIpc) is 4.18. The maximum Gasteiger partial charge on any atom is 0.159 e. The maximum absolute atomic E-state index is 7.13. The van der Waals surface area contributed by atoms with E-state index in [0.29, 0.717) is 0 Å². The number of nitrogens with zero attached hydrogens (tertiary/aromatic N) is 2. The lowest BCUT2D eigenvalue weighted by Crippen LogP contribution is -2.17. The fraction of sp³-hybridized carbons (Fsp3) is 0.0423. The average molecular weight is 961 g/mol.